The van der Waals surface area contributed by atoms with Crippen LogP contribution in [-0.4, -0.2) is 37.5 Å². The fraction of sp³-hybridized carbons (Fsp3) is 0.479. The Morgan fingerprint density at radius 1 is 0.463 bits per heavy atom. The molecule has 2 N–H and O–H groups in total. The normalized spacial score (nSPS) is 13.5. The minimum absolute atomic E-state index is 0.00243. The molecule has 0 fully saturated rings. The molecule has 0 saturated carbocycles. The highest BCUT2D eigenvalue weighted by atomic mass is 16.5. The van der Waals surface area contributed by atoms with Gasteiger partial charge in [0, 0.05) is 19.4 Å². The first-order valence-corrected chi connectivity index (χ1v) is 20.3. The molecule has 0 aromatic heterocycles. The van der Waals surface area contributed by atoms with Gasteiger partial charge in [0.25, 0.3) is 0 Å². The van der Waals surface area contributed by atoms with Gasteiger partial charge < -0.3 is 15.4 Å². The third kappa shape index (κ3) is 37.3. The molecule has 1 unspecified atom stereocenters. The molecule has 6 heteroatoms. The number of esters is 1. The lowest BCUT2D eigenvalue weighted by molar-refractivity contribution is -0.145. The van der Waals surface area contributed by atoms with Crippen LogP contribution in [0, 0.1) is 0 Å². The topological polar surface area (TPSA) is 84.5 Å². The van der Waals surface area contributed by atoms with Gasteiger partial charge in [-0.05, 0) is 103 Å². The van der Waals surface area contributed by atoms with Gasteiger partial charge in [-0.2, -0.15) is 0 Å². The standard InChI is InChI=1S/C48H72N2O4/c1-4-6-8-10-12-14-16-18-20-22-23-25-27-29-31-33-35-37-39-43-47(52)50-45(48(53)54-3)41-40-44-49-46(51)42-38-36-34-32-30-28-26-24-21-19-17-15-13-11-9-7-5-2/h6-9,12-15,18-21,23,25-26,28-29,31-32,34-35,37,45H,4-5,10-11,16-17,22,24,27,30,33,36,38-44H2,1-3H3,(H,49,51)(H,50,52). The highest BCUT2D eigenvalue weighted by Crippen LogP contribution is 2.04. The van der Waals surface area contributed by atoms with Gasteiger partial charge in [0.2, 0.25) is 11.8 Å². The van der Waals surface area contributed by atoms with Crippen LogP contribution in [-0.2, 0) is 19.1 Å². The first-order valence-electron chi connectivity index (χ1n) is 20.3. The SMILES string of the molecule is CCC=CCC=CCC=CCC=CCC=CCC=CCCC(=O)NC(CCCNC(=O)CCCC=CCC=CCC=CCC=CCC=CCC)C(=O)OC. The van der Waals surface area contributed by atoms with Crippen molar-refractivity contribution in [2.75, 3.05) is 13.7 Å². The summed E-state index contributed by atoms with van der Waals surface area (Å²) in [6, 6.07) is -0.722. The second-order valence-corrected chi connectivity index (χ2v) is 12.7. The fourth-order valence-corrected chi connectivity index (χ4v) is 4.88. The van der Waals surface area contributed by atoms with Crippen molar-refractivity contribution in [2.24, 2.45) is 0 Å². The molecule has 0 aliphatic carbocycles. The molecule has 0 aromatic rings. The van der Waals surface area contributed by atoms with Crippen molar-refractivity contribution in [3.63, 3.8) is 0 Å². The van der Waals surface area contributed by atoms with E-state index >= 15 is 0 Å². The van der Waals surface area contributed by atoms with Crippen LogP contribution in [0.15, 0.2) is 134 Å². The Bertz CT molecular complexity index is 1270. The number of carbonyl (C=O) groups excluding carboxylic acids is 3. The van der Waals surface area contributed by atoms with Crippen molar-refractivity contribution < 1.29 is 19.1 Å². The molecule has 1 atom stereocenters. The zero-order chi connectivity index (χ0) is 39.4. The number of allylic oxidation sites excluding steroid dienone is 22. The Labute approximate surface area is 329 Å². The summed E-state index contributed by atoms with van der Waals surface area (Å²) in [4.78, 5) is 36.9. The van der Waals surface area contributed by atoms with E-state index in [-0.39, 0.29) is 11.8 Å². The van der Waals surface area contributed by atoms with Crippen molar-refractivity contribution in [1.82, 2.24) is 10.6 Å². The fourth-order valence-electron chi connectivity index (χ4n) is 4.88. The zero-order valence-electron chi connectivity index (χ0n) is 33.8. The van der Waals surface area contributed by atoms with E-state index in [2.05, 4.69) is 146 Å². The third-order valence-electron chi connectivity index (χ3n) is 7.88. The lowest BCUT2D eigenvalue weighted by Crippen LogP contribution is -2.42. The first kappa shape index (κ1) is 49.6. The summed E-state index contributed by atoms with van der Waals surface area (Å²) in [5.41, 5.74) is 0. The molecule has 0 radical (unpaired) electrons. The second-order valence-electron chi connectivity index (χ2n) is 12.7. The average Bonchev–Trinajstić information content (AvgIpc) is 3.17. The summed E-state index contributed by atoms with van der Waals surface area (Å²) in [6.07, 6.45) is 62.2. The maximum Gasteiger partial charge on any atom is 0.328 e. The number of amides is 2. The van der Waals surface area contributed by atoms with Gasteiger partial charge in [-0.1, -0.05) is 148 Å². The van der Waals surface area contributed by atoms with Crippen LogP contribution in [0.2, 0.25) is 0 Å². The number of hydrogen-bond donors (Lipinski definition) is 2. The van der Waals surface area contributed by atoms with Crippen LogP contribution in [0.1, 0.15) is 129 Å². The van der Waals surface area contributed by atoms with E-state index in [1.165, 1.54) is 7.11 Å². The van der Waals surface area contributed by atoms with E-state index in [1.807, 2.05) is 12.2 Å². The van der Waals surface area contributed by atoms with Crippen molar-refractivity contribution in [3.8, 4) is 0 Å². The minimum atomic E-state index is -0.722. The number of hydrogen-bond acceptors (Lipinski definition) is 4. The Hall–Kier alpha value is -4.45. The monoisotopic (exact) mass is 741 g/mol. The Balaban J connectivity index is 4.01. The lowest BCUT2D eigenvalue weighted by atomic mass is 10.1. The van der Waals surface area contributed by atoms with Gasteiger partial charge in [0.15, 0.2) is 0 Å². The first-order chi connectivity index (χ1) is 26.5. The molecule has 0 heterocycles. The molecular weight excluding hydrogens is 669 g/mol. The van der Waals surface area contributed by atoms with Crippen LogP contribution in [0.5, 0.6) is 0 Å². The van der Waals surface area contributed by atoms with Gasteiger partial charge in [-0.25, -0.2) is 4.79 Å². The molecule has 0 rings (SSSR count). The van der Waals surface area contributed by atoms with Gasteiger partial charge in [-0.15, -0.1) is 0 Å². The number of carbonyl (C=O) groups is 3. The Kier molecular flexibility index (Phi) is 37.9. The van der Waals surface area contributed by atoms with E-state index < -0.39 is 12.0 Å². The quantitative estimate of drug-likeness (QED) is 0.0399. The van der Waals surface area contributed by atoms with E-state index in [1.54, 1.807) is 0 Å². The van der Waals surface area contributed by atoms with Gasteiger partial charge in [0.05, 0.1) is 7.11 Å². The largest absolute Gasteiger partial charge is 0.467 e. The minimum Gasteiger partial charge on any atom is -0.467 e. The molecule has 0 bridgehead atoms. The van der Waals surface area contributed by atoms with Crippen LogP contribution >= 0.6 is 0 Å². The highest BCUT2D eigenvalue weighted by molar-refractivity contribution is 5.84. The van der Waals surface area contributed by atoms with Crippen LogP contribution in [0.4, 0.5) is 0 Å². The smallest absolute Gasteiger partial charge is 0.328 e. The predicted molar refractivity (Wildman–Crippen MR) is 232 cm³/mol. The van der Waals surface area contributed by atoms with Gasteiger partial charge in [0.1, 0.15) is 6.04 Å². The molecular formula is C48H72N2O4. The zero-order valence-corrected chi connectivity index (χ0v) is 33.8. The number of methoxy groups -OCH3 is 1. The Morgan fingerprint density at radius 2 is 0.833 bits per heavy atom. The van der Waals surface area contributed by atoms with E-state index in [4.69, 9.17) is 4.74 Å². The lowest BCUT2D eigenvalue weighted by Gasteiger charge is -2.16. The van der Waals surface area contributed by atoms with E-state index in [0.29, 0.717) is 38.6 Å². The molecule has 0 spiro atoms. The summed E-state index contributed by atoms with van der Waals surface area (Å²) < 4.78 is 4.89. The third-order valence-corrected chi connectivity index (χ3v) is 7.88. The molecule has 0 aliphatic rings. The summed E-state index contributed by atoms with van der Waals surface area (Å²) in [5.74, 6) is -0.665. The van der Waals surface area contributed by atoms with Gasteiger partial charge >= 0.3 is 5.97 Å². The van der Waals surface area contributed by atoms with Crippen LogP contribution in [0.3, 0.4) is 0 Å². The molecule has 6 nitrogen and oxygen atoms in total. The summed E-state index contributed by atoms with van der Waals surface area (Å²) in [6.45, 7) is 4.74. The highest BCUT2D eigenvalue weighted by Gasteiger charge is 2.20. The van der Waals surface area contributed by atoms with E-state index in [9.17, 15) is 14.4 Å². The molecule has 0 aliphatic heterocycles. The predicted octanol–water partition coefficient (Wildman–Crippen LogP) is 11.9. The number of unbranched alkanes of at least 4 members (excludes halogenated alkanes) is 1. The summed E-state index contributed by atoms with van der Waals surface area (Å²) >= 11 is 0. The summed E-state index contributed by atoms with van der Waals surface area (Å²) in [7, 11) is 1.32. The molecule has 0 saturated heterocycles. The van der Waals surface area contributed by atoms with Crippen molar-refractivity contribution in [1.29, 1.82) is 0 Å². The van der Waals surface area contributed by atoms with Crippen LogP contribution < -0.4 is 10.6 Å². The molecule has 2 amide bonds. The second kappa shape index (κ2) is 41.3. The van der Waals surface area contributed by atoms with Gasteiger partial charge in [-0.3, -0.25) is 9.59 Å². The molecule has 54 heavy (non-hydrogen) atoms. The van der Waals surface area contributed by atoms with Crippen molar-refractivity contribution in [3.05, 3.63) is 134 Å². The van der Waals surface area contributed by atoms with Crippen molar-refractivity contribution >= 4 is 17.8 Å². The molecule has 0 aromatic carbocycles. The maximum absolute atomic E-state index is 12.5. The number of nitrogens with one attached hydrogen (secondary N) is 2. The number of rotatable bonds is 33. The number of ether oxygens (including phenoxy) is 1. The van der Waals surface area contributed by atoms with Crippen molar-refractivity contribution in [2.45, 2.75) is 135 Å². The maximum atomic E-state index is 12.5. The summed E-state index contributed by atoms with van der Waals surface area (Å²) in [5, 5.41) is 5.70. The average molecular weight is 741 g/mol. The Morgan fingerprint density at radius 3 is 1.22 bits per heavy atom. The molecule has 298 valence electrons. The van der Waals surface area contributed by atoms with Crippen LogP contribution in [0.25, 0.3) is 0 Å². The van der Waals surface area contributed by atoms with E-state index in [0.717, 1.165) is 83.5 Å².